The highest BCUT2D eigenvalue weighted by atomic mass is 32.2. The van der Waals surface area contributed by atoms with E-state index in [1.165, 1.54) is 6.07 Å². The Kier molecular flexibility index (Phi) is 3.06. The Morgan fingerprint density at radius 3 is 2.44 bits per heavy atom. The van der Waals surface area contributed by atoms with Crippen molar-refractivity contribution < 1.29 is 18.3 Å². The number of carboxylic acid groups (broad SMARTS) is 1. The van der Waals surface area contributed by atoms with E-state index in [0.29, 0.717) is 24.1 Å². The minimum atomic E-state index is -3.36. The number of nitrogens with one attached hydrogen (secondary N) is 1. The van der Waals surface area contributed by atoms with Crippen LogP contribution in [-0.4, -0.2) is 24.7 Å². The quantitative estimate of drug-likeness (QED) is 0.874. The zero-order valence-corrected chi connectivity index (χ0v) is 11.0. The first-order valence-electron chi connectivity index (χ1n) is 5.67. The molecule has 18 heavy (non-hydrogen) atoms. The van der Waals surface area contributed by atoms with Crippen molar-refractivity contribution in [3.8, 4) is 0 Å². The molecule has 0 saturated heterocycles. The van der Waals surface area contributed by atoms with Gasteiger partial charge in [-0.15, -0.1) is 0 Å². The summed E-state index contributed by atoms with van der Waals surface area (Å²) in [6.45, 7) is 3.47. The molecule has 0 spiro atoms. The summed E-state index contributed by atoms with van der Waals surface area (Å²) >= 11 is 0. The lowest BCUT2D eigenvalue weighted by Crippen LogP contribution is -2.18. The number of carboxylic acids is 1. The molecule has 0 aromatic heterocycles. The topological polar surface area (TPSA) is 83.5 Å². The molecular weight excluding hydrogens is 254 g/mol. The zero-order chi connectivity index (χ0) is 13.5. The Hall–Kier alpha value is -1.56. The first-order valence-corrected chi connectivity index (χ1v) is 7.22. The Morgan fingerprint density at radius 2 is 1.94 bits per heavy atom. The summed E-state index contributed by atoms with van der Waals surface area (Å²) in [6.07, 6.45) is 1.35. The van der Waals surface area contributed by atoms with Crippen LogP contribution in [-0.2, 0) is 10.0 Å². The number of hydrogen-bond acceptors (Lipinski definition) is 3. The third-order valence-electron chi connectivity index (χ3n) is 3.12. The van der Waals surface area contributed by atoms with E-state index in [1.54, 1.807) is 19.9 Å². The first-order chi connectivity index (χ1) is 8.31. The van der Waals surface area contributed by atoms with Crippen LogP contribution in [0.5, 0.6) is 0 Å². The smallest absolute Gasteiger partial charge is 0.336 e. The summed E-state index contributed by atoms with van der Waals surface area (Å²) in [7, 11) is -3.36. The minimum Gasteiger partial charge on any atom is -0.478 e. The van der Waals surface area contributed by atoms with E-state index in [1.807, 2.05) is 0 Å². The molecule has 1 fully saturated rings. The van der Waals surface area contributed by atoms with E-state index < -0.39 is 16.0 Å². The van der Waals surface area contributed by atoms with Crippen molar-refractivity contribution in [2.45, 2.75) is 31.9 Å². The number of carbonyl (C=O) groups is 1. The summed E-state index contributed by atoms with van der Waals surface area (Å²) < 4.78 is 26.0. The average molecular weight is 269 g/mol. The molecule has 0 unspecified atom stereocenters. The molecule has 1 saturated carbocycles. The lowest BCUT2D eigenvalue weighted by Gasteiger charge is -2.11. The van der Waals surface area contributed by atoms with E-state index in [0.717, 1.165) is 5.56 Å². The number of anilines is 1. The van der Waals surface area contributed by atoms with Gasteiger partial charge in [0.15, 0.2) is 0 Å². The highest BCUT2D eigenvalue weighted by molar-refractivity contribution is 7.93. The molecule has 0 radical (unpaired) electrons. The van der Waals surface area contributed by atoms with Gasteiger partial charge in [0.25, 0.3) is 0 Å². The monoisotopic (exact) mass is 269 g/mol. The maximum absolute atomic E-state index is 11.8. The molecule has 2 rings (SSSR count). The number of hydrogen-bond donors (Lipinski definition) is 2. The van der Waals surface area contributed by atoms with Crippen molar-refractivity contribution in [1.29, 1.82) is 0 Å². The van der Waals surface area contributed by atoms with Gasteiger partial charge < -0.3 is 5.11 Å². The third-order valence-corrected chi connectivity index (χ3v) is 4.99. The van der Waals surface area contributed by atoms with Gasteiger partial charge in [-0.25, -0.2) is 13.2 Å². The van der Waals surface area contributed by atoms with Gasteiger partial charge in [-0.3, -0.25) is 4.72 Å². The van der Waals surface area contributed by atoms with E-state index in [9.17, 15) is 13.2 Å². The molecule has 0 heterocycles. The van der Waals surface area contributed by atoms with Crippen molar-refractivity contribution in [2.75, 3.05) is 4.72 Å². The summed E-state index contributed by atoms with van der Waals surface area (Å²) in [6, 6.07) is 3.02. The van der Waals surface area contributed by atoms with Gasteiger partial charge in [0, 0.05) is 5.69 Å². The van der Waals surface area contributed by atoms with Crippen LogP contribution < -0.4 is 4.72 Å². The van der Waals surface area contributed by atoms with Gasteiger partial charge in [-0.05, 0) is 49.9 Å². The standard InChI is InChI=1S/C12H15NO4S/c1-7-5-9(6-11(8(7)2)12(14)15)13-18(16,17)10-3-4-10/h5-6,10,13H,3-4H2,1-2H3,(H,14,15). The minimum absolute atomic E-state index is 0.128. The van der Waals surface area contributed by atoms with Crippen molar-refractivity contribution >= 4 is 21.7 Å². The van der Waals surface area contributed by atoms with Crippen molar-refractivity contribution in [3.63, 3.8) is 0 Å². The predicted octanol–water partition coefficient (Wildman–Crippen LogP) is 1.91. The Morgan fingerprint density at radius 1 is 1.33 bits per heavy atom. The van der Waals surface area contributed by atoms with Crippen LogP contribution in [0.25, 0.3) is 0 Å². The SMILES string of the molecule is Cc1cc(NS(=O)(=O)C2CC2)cc(C(=O)O)c1C. The molecule has 1 aromatic rings. The van der Waals surface area contributed by atoms with Crippen LogP contribution in [0.15, 0.2) is 12.1 Å². The number of aromatic carboxylic acids is 1. The van der Waals surface area contributed by atoms with Crippen LogP contribution in [0.2, 0.25) is 0 Å². The van der Waals surface area contributed by atoms with Crippen LogP contribution in [0.4, 0.5) is 5.69 Å². The Labute approximate surface area is 106 Å². The summed E-state index contributed by atoms with van der Waals surface area (Å²) in [5.74, 6) is -1.05. The number of rotatable bonds is 4. The van der Waals surface area contributed by atoms with E-state index in [-0.39, 0.29) is 10.8 Å². The molecule has 6 heteroatoms. The van der Waals surface area contributed by atoms with Crippen LogP contribution in [0.1, 0.15) is 34.3 Å². The molecular formula is C12H15NO4S. The Bertz CT molecular complexity index is 603. The zero-order valence-electron chi connectivity index (χ0n) is 10.2. The van der Waals surface area contributed by atoms with Crippen molar-refractivity contribution in [2.24, 2.45) is 0 Å². The molecule has 1 aromatic carbocycles. The predicted molar refractivity (Wildman–Crippen MR) is 68.4 cm³/mol. The molecule has 1 aliphatic rings. The summed E-state index contributed by atoms with van der Waals surface area (Å²) in [5, 5.41) is 8.73. The molecule has 1 aliphatic carbocycles. The van der Waals surface area contributed by atoms with Gasteiger partial charge in [0.1, 0.15) is 0 Å². The molecule has 98 valence electrons. The molecule has 0 atom stereocenters. The lowest BCUT2D eigenvalue weighted by atomic mass is 10.0. The molecule has 0 aliphatic heterocycles. The fourth-order valence-corrected chi connectivity index (χ4v) is 3.14. The number of aryl methyl sites for hydroxylation is 1. The summed E-state index contributed by atoms with van der Waals surface area (Å²) in [5.41, 5.74) is 1.85. The number of benzene rings is 1. The van der Waals surface area contributed by atoms with Crippen molar-refractivity contribution in [1.82, 2.24) is 0 Å². The number of sulfonamides is 1. The van der Waals surface area contributed by atoms with Gasteiger partial charge in [-0.1, -0.05) is 0 Å². The van der Waals surface area contributed by atoms with E-state index in [2.05, 4.69) is 4.72 Å². The maximum Gasteiger partial charge on any atom is 0.336 e. The average Bonchev–Trinajstić information content (AvgIpc) is 3.05. The first kappa shape index (κ1) is 12.9. The van der Waals surface area contributed by atoms with Gasteiger partial charge in [0.05, 0.1) is 10.8 Å². The third kappa shape index (κ3) is 2.48. The van der Waals surface area contributed by atoms with Gasteiger partial charge in [0.2, 0.25) is 10.0 Å². The fraction of sp³-hybridized carbons (Fsp3) is 0.417. The van der Waals surface area contributed by atoms with Crippen LogP contribution >= 0.6 is 0 Å². The van der Waals surface area contributed by atoms with Crippen LogP contribution in [0, 0.1) is 13.8 Å². The van der Waals surface area contributed by atoms with Gasteiger partial charge >= 0.3 is 5.97 Å². The normalized spacial score (nSPS) is 15.4. The second kappa shape index (κ2) is 4.28. The van der Waals surface area contributed by atoms with Crippen LogP contribution in [0.3, 0.4) is 0 Å². The second-order valence-corrected chi connectivity index (χ2v) is 6.58. The molecule has 0 amide bonds. The summed E-state index contributed by atoms with van der Waals surface area (Å²) in [4.78, 5) is 11.1. The highest BCUT2D eigenvalue weighted by Crippen LogP contribution is 2.30. The molecule has 2 N–H and O–H groups in total. The maximum atomic E-state index is 11.8. The van der Waals surface area contributed by atoms with E-state index in [4.69, 9.17) is 5.11 Å². The van der Waals surface area contributed by atoms with E-state index >= 15 is 0 Å². The largest absolute Gasteiger partial charge is 0.478 e. The second-order valence-electron chi connectivity index (χ2n) is 4.62. The van der Waals surface area contributed by atoms with Crippen molar-refractivity contribution in [3.05, 3.63) is 28.8 Å². The molecule has 5 nitrogen and oxygen atoms in total. The fourth-order valence-electron chi connectivity index (χ4n) is 1.77. The lowest BCUT2D eigenvalue weighted by molar-refractivity contribution is 0.0696. The van der Waals surface area contributed by atoms with Gasteiger partial charge in [-0.2, -0.15) is 0 Å². The Balaban J connectivity index is 2.37. The highest BCUT2D eigenvalue weighted by Gasteiger charge is 2.35. The molecule has 0 bridgehead atoms.